The summed E-state index contributed by atoms with van der Waals surface area (Å²) in [6.07, 6.45) is 0. The van der Waals surface area contributed by atoms with E-state index in [9.17, 15) is 9.90 Å². The molecule has 4 aromatic rings. The van der Waals surface area contributed by atoms with Crippen molar-refractivity contribution in [2.45, 2.75) is 0 Å². The van der Waals surface area contributed by atoms with Gasteiger partial charge in [0.15, 0.2) is 0 Å². The van der Waals surface area contributed by atoms with Gasteiger partial charge in [0.1, 0.15) is 5.75 Å². The Hall–Kier alpha value is -4.05. The number of benzene rings is 4. The Morgan fingerprint density at radius 3 is 1.64 bits per heavy atom. The number of phenolic OH excluding ortho intramolecular Hbond substituents is 1. The number of piperazine rings is 1. The molecule has 5 rings (SSSR count). The summed E-state index contributed by atoms with van der Waals surface area (Å²) in [6, 6.07) is 33.8. The van der Waals surface area contributed by atoms with Gasteiger partial charge in [0, 0.05) is 37.4 Å². The van der Waals surface area contributed by atoms with Crippen molar-refractivity contribution < 1.29 is 9.90 Å². The minimum absolute atomic E-state index is 0.0651. The van der Waals surface area contributed by atoms with Crippen LogP contribution in [-0.2, 0) is 0 Å². The Balaban J connectivity index is 1.41. The van der Waals surface area contributed by atoms with Crippen LogP contribution >= 0.6 is 0 Å². The normalized spacial score (nSPS) is 13.7. The van der Waals surface area contributed by atoms with Crippen LogP contribution in [0.25, 0.3) is 22.3 Å². The lowest BCUT2D eigenvalue weighted by Crippen LogP contribution is -2.48. The number of carbonyl (C=O) groups is 1. The van der Waals surface area contributed by atoms with Gasteiger partial charge >= 0.3 is 0 Å². The van der Waals surface area contributed by atoms with Crippen LogP contribution < -0.4 is 4.90 Å². The molecule has 1 fully saturated rings. The van der Waals surface area contributed by atoms with E-state index in [1.165, 1.54) is 0 Å². The number of phenols is 1. The summed E-state index contributed by atoms with van der Waals surface area (Å²) in [5.74, 6) is 0.329. The summed E-state index contributed by atoms with van der Waals surface area (Å²) in [5.41, 5.74) is 6.07. The number of nitrogens with zero attached hydrogens (tertiary/aromatic N) is 2. The molecule has 1 aliphatic heterocycles. The fourth-order valence-electron chi connectivity index (χ4n) is 4.36. The van der Waals surface area contributed by atoms with Gasteiger partial charge in [-0.25, -0.2) is 0 Å². The summed E-state index contributed by atoms with van der Waals surface area (Å²) < 4.78 is 0. The lowest BCUT2D eigenvalue weighted by molar-refractivity contribution is 0.0747. The zero-order valence-electron chi connectivity index (χ0n) is 18.4. The second-order valence-corrected chi connectivity index (χ2v) is 8.33. The molecule has 4 nitrogen and oxygen atoms in total. The van der Waals surface area contributed by atoms with Crippen LogP contribution in [0.3, 0.4) is 0 Å². The van der Waals surface area contributed by atoms with E-state index in [2.05, 4.69) is 35.2 Å². The highest BCUT2D eigenvalue weighted by atomic mass is 16.3. The number of anilines is 1. The molecule has 1 amide bonds. The van der Waals surface area contributed by atoms with E-state index in [1.807, 2.05) is 65.6 Å². The predicted molar refractivity (Wildman–Crippen MR) is 134 cm³/mol. The number of rotatable bonds is 4. The minimum atomic E-state index is 0.0651. The van der Waals surface area contributed by atoms with Gasteiger partial charge < -0.3 is 14.9 Å². The molecule has 33 heavy (non-hydrogen) atoms. The smallest absolute Gasteiger partial charge is 0.254 e. The van der Waals surface area contributed by atoms with Gasteiger partial charge in [-0.15, -0.1) is 0 Å². The second kappa shape index (κ2) is 9.21. The standard InChI is InChI=1S/C29H26N2O2/c32-28-13-11-27(12-14-28)30-15-17-31(18-16-30)29(33)26-20-24(22-7-3-1-4-8-22)19-25(21-26)23-9-5-2-6-10-23/h1-14,19-21,32H,15-18H2. The van der Waals surface area contributed by atoms with E-state index in [-0.39, 0.29) is 11.7 Å². The fraction of sp³-hybridized carbons (Fsp3) is 0.138. The Bertz CT molecular complexity index is 1170. The maximum absolute atomic E-state index is 13.5. The zero-order chi connectivity index (χ0) is 22.6. The van der Waals surface area contributed by atoms with Crippen molar-refractivity contribution in [3.05, 3.63) is 109 Å². The molecular weight excluding hydrogens is 408 g/mol. The number of hydrogen-bond acceptors (Lipinski definition) is 3. The number of hydrogen-bond donors (Lipinski definition) is 1. The van der Waals surface area contributed by atoms with E-state index in [0.29, 0.717) is 18.7 Å². The minimum Gasteiger partial charge on any atom is -0.508 e. The van der Waals surface area contributed by atoms with E-state index < -0.39 is 0 Å². The molecule has 1 aliphatic rings. The quantitative estimate of drug-likeness (QED) is 0.449. The lowest BCUT2D eigenvalue weighted by Gasteiger charge is -2.36. The molecule has 0 aliphatic carbocycles. The molecule has 4 heteroatoms. The van der Waals surface area contributed by atoms with Crippen molar-refractivity contribution in [3.63, 3.8) is 0 Å². The molecule has 0 aromatic heterocycles. The van der Waals surface area contributed by atoms with Crippen molar-refractivity contribution >= 4 is 11.6 Å². The Morgan fingerprint density at radius 1 is 0.606 bits per heavy atom. The highest BCUT2D eigenvalue weighted by Gasteiger charge is 2.23. The van der Waals surface area contributed by atoms with E-state index in [4.69, 9.17) is 0 Å². The van der Waals surface area contributed by atoms with Crippen LogP contribution in [0.4, 0.5) is 5.69 Å². The molecule has 0 unspecified atom stereocenters. The molecule has 0 spiro atoms. The lowest BCUT2D eigenvalue weighted by atomic mass is 9.95. The van der Waals surface area contributed by atoms with E-state index in [0.717, 1.165) is 41.0 Å². The van der Waals surface area contributed by atoms with Crippen molar-refractivity contribution in [2.75, 3.05) is 31.1 Å². The molecule has 0 radical (unpaired) electrons. The number of aromatic hydroxyl groups is 1. The Morgan fingerprint density at radius 2 is 1.12 bits per heavy atom. The fourth-order valence-corrected chi connectivity index (χ4v) is 4.36. The first-order valence-corrected chi connectivity index (χ1v) is 11.3. The van der Waals surface area contributed by atoms with Crippen molar-refractivity contribution in [1.82, 2.24) is 4.90 Å². The molecule has 164 valence electrons. The summed E-state index contributed by atoms with van der Waals surface area (Å²) in [5, 5.41) is 9.53. The van der Waals surface area contributed by atoms with Gasteiger partial charge in [-0.05, 0) is 64.7 Å². The first kappa shape index (κ1) is 20.8. The molecule has 4 aromatic carbocycles. The molecule has 0 atom stereocenters. The summed E-state index contributed by atoms with van der Waals surface area (Å²) in [6.45, 7) is 2.85. The van der Waals surface area contributed by atoms with Gasteiger partial charge in [0.25, 0.3) is 5.91 Å². The van der Waals surface area contributed by atoms with Gasteiger partial charge in [0.2, 0.25) is 0 Å². The molecule has 1 saturated heterocycles. The largest absolute Gasteiger partial charge is 0.508 e. The van der Waals surface area contributed by atoms with Crippen LogP contribution in [0.2, 0.25) is 0 Å². The summed E-state index contributed by atoms with van der Waals surface area (Å²) in [7, 11) is 0. The first-order chi connectivity index (χ1) is 16.2. The van der Waals surface area contributed by atoms with Crippen molar-refractivity contribution in [3.8, 4) is 28.0 Å². The van der Waals surface area contributed by atoms with Gasteiger partial charge in [-0.2, -0.15) is 0 Å². The molecule has 0 saturated carbocycles. The van der Waals surface area contributed by atoms with Crippen LogP contribution in [0.5, 0.6) is 5.75 Å². The van der Waals surface area contributed by atoms with Crippen molar-refractivity contribution in [2.24, 2.45) is 0 Å². The summed E-state index contributed by atoms with van der Waals surface area (Å²) in [4.78, 5) is 17.7. The van der Waals surface area contributed by atoms with Crippen LogP contribution in [0.15, 0.2) is 103 Å². The summed E-state index contributed by atoms with van der Waals surface area (Å²) >= 11 is 0. The monoisotopic (exact) mass is 434 g/mol. The number of carbonyl (C=O) groups excluding carboxylic acids is 1. The number of amides is 1. The topological polar surface area (TPSA) is 43.8 Å². The highest BCUT2D eigenvalue weighted by molar-refractivity contribution is 5.97. The Labute approximate surface area is 194 Å². The maximum atomic E-state index is 13.5. The van der Waals surface area contributed by atoms with Crippen LogP contribution in [-0.4, -0.2) is 42.1 Å². The maximum Gasteiger partial charge on any atom is 0.254 e. The SMILES string of the molecule is O=C(c1cc(-c2ccccc2)cc(-c2ccccc2)c1)N1CCN(c2ccc(O)cc2)CC1. The third-order valence-corrected chi connectivity index (χ3v) is 6.18. The zero-order valence-corrected chi connectivity index (χ0v) is 18.4. The Kier molecular flexibility index (Phi) is 5.81. The van der Waals surface area contributed by atoms with Crippen LogP contribution in [0.1, 0.15) is 10.4 Å². The predicted octanol–water partition coefficient (Wildman–Crippen LogP) is 5.69. The third-order valence-electron chi connectivity index (χ3n) is 6.18. The first-order valence-electron chi connectivity index (χ1n) is 11.3. The molecule has 1 N–H and O–H groups in total. The average Bonchev–Trinajstić information content (AvgIpc) is 2.89. The molecule has 0 bridgehead atoms. The van der Waals surface area contributed by atoms with Gasteiger partial charge in [-0.1, -0.05) is 60.7 Å². The second-order valence-electron chi connectivity index (χ2n) is 8.33. The molecule has 1 heterocycles. The van der Waals surface area contributed by atoms with Crippen molar-refractivity contribution in [1.29, 1.82) is 0 Å². The third kappa shape index (κ3) is 4.60. The van der Waals surface area contributed by atoms with E-state index in [1.54, 1.807) is 12.1 Å². The van der Waals surface area contributed by atoms with Gasteiger partial charge in [-0.3, -0.25) is 4.79 Å². The van der Waals surface area contributed by atoms with Crippen LogP contribution in [0, 0.1) is 0 Å². The van der Waals surface area contributed by atoms with Gasteiger partial charge in [0.05, 0.1) is 0 Å². The van der Waals surface area contributed by atoms with E-state index >= 15 is 0 Å². The average molecular weight is 435 g/mol. The molecular formula is C29H26N2O2. The highest BCUT2D eigenvalue weighted by Crippen LogP contribution is 2.29.